The zero-order valence-corrected chi connectivity index (χ0v) is 12.1. The second-order valence-corrected chi connectivity index (χ2v) is 5.43. The number of nitrogens with zero attached hydrogens (tertiary/aromatic N) is 3. The lowest BCUT2D eigenvalue weighted by Crippen LogP contribution is -2.46. The van der Waals surface area contributed by atoms with Gasteiger partial charge in [0.25, 0.3) is 5.91 Å². The Balaban J connectivity index is 1.86. The highest BCUT2D eigenvalue weighted by Gasteiger charge is 2.20. The molecule has 22 heavy (non-hydrogen) atoms. The number of piperazine rings is 1. The maximum absolute atomic E-state index is 12.8. The summed E-state index contributed by atoms with van der Waals surface area (Å²) in [6.07, 6.45) is 0. The first-order valence-corrected chi connectivity index (χ1v) is 7.48. The van der Waals surface area contributed by atoms with Gasteiger partial charge in [0.1, 0.15) is 5.52 Å². The Morgan fingerprint density at radius 2 is 1.59 bits per heavy atom. The average Bonchev–Trinajstić information content (AvgIpc) is 2.59. The molecule has 0 unspecified atom stereocenters. The van der Waals surface area contributed by atoms with Crippen LogP contribution in [0.15, 0.2) is 42.5 Å². The van der Waals surface area contributed by atoms with E-state index in [0.717, 1.165) is 42.7 Å². The summed E-state index contributed by atoms with van der Waals surface area (Å²) in [5.41, 5.74) is 3.75. The second-order valence-electron chi connectivity index (χ2n) is 5.43. The quantitative estimate of drug-likeness (QED) is 0.695. The highest BCUT2D eigenvalue weighted by atomic mass is 16.2. The summed E-state index contributed by atoms with van der Waals surface area (Å²) in [5.74, 6) is 0.0386. The summed E-state index contributed by atoms with van der Waals surface area (Å²) in [5, 5.41) is 3.26. The van der Waals surface area contributed by atoms with Crippen LogP contribution in [0.2, 0.25) is 0 Å². The molecular formula is C17H16N4O. The van der Waals surface area contributed by atoms with Gasteiger partial charge in [0.2, 0.25) is 0 Å². The fourth-order valence-electron chi connectivity index (χ4n) is 2.85. The van der Waals surface area contributed by atoms with Gasteiger partial charge in [0.15, 0.2) is 0 Å². The Morgan fingerprint density at radius 3 is 2.36 bits per heavy atom. The number of amides is 1. The predicted octanol–water partition coefficient (Wildman–Crippen LogP) is 1.83. The molecule has 3 aromatic rings. The van der Waals surface area contributed by atoms with Crippen molar-refractivity contribution in [2.24, 2.45) is 0 Å². The number of fused-ring (bicyclic) bond motifs is 2. The van der Waals surface area contributed by atoms with Crippen molar-refractivity contribution in [2.75, 3.05) is 26.2 Å². The first-order valence-electron chi connectivity index (χ1n) is 7.48. The van der Waals surface area contributed by atoms with Gasteiger partial charge in [0, 0.05) is 26.2 Å². The van der Waals surface area contributed by atoms with E-state index in [9.17, 15) is 4.79 Å². The molecule has 1 aliphatic rings. The van der Waals surface area contributed by atoms with Crippen LogP contribution in [0.1, 0.15) is 10.4 Å². The molecule has 5 heteroatoms. The third-order valence-electron chi connectivity index (χ3n) is 4.00. The number of rotatable bonds is 1. The number of benzene rings is 2. The Hall–Kier alpha value is -2.53. The van der Waals surface area contributed by atoms with Crippen molar-refractivity contribution in [2.45, 2.75) is 0 Å². The van der Waals surface area contributed by atoms with Crippen molar-refractivity contribution in [3.8, 4) is 0 Å². The van der Waals surface area contributed by atoms with E-state index in [0.29, 0.717) is 11.1 Å². The molecule has 1 saturated heterocycles. The van der Waals surface area contributed by atoms with Crippen molar-refractivity contribution in [3.05, 3.63) is 48.0 Å². The molecule has 1 N–H and O–H groups in total. The van der Waals surface area contributed by atoms with Crippen LogP contribution in [0.4, 0.5) is 0 Å². The van der Waals surface area contributed by atoms with Crippen molar-refractivity contribution in [3.63, 3.8) is 0 Å². The van der Waals surface area contributed by atoms with Crippen LogP contribution >= 0.6 is 0 Å². The summed E-state index contributed by atoms with van der Waals surface area (Å²) >= 11 is 0. The standard InChI is InChI=1S/C17H16N4O/c22-17(21-10-8-18-9-11-21)12-4-3-7-15-16(12)20-14-6-2-1-5-13(14)19-15/h1-7,18H,8-11H2. The number of hydrogen-bond acceptors (Lipinski definition) is 4. The summed E-state index contributed by atoms with van der Waals surface area (Å²) < 4.78 is 0. The van der Waals surface area contributed by atoms with Crippen LogP contribution in [-0.2, 0) is 0 Å². The lowest BCUT2D eigenvalue weighted by atomic mass is 10.1. The fourth-order valence-corrected chi connectivity index (χ4v) is 2.85. The van der Waals surface area contributed by atoms with E-state index in [4.69, 9.17) is 0 Å². The average molecular weight is 292 g/mol. The third kappa shape index (κ3) is 2.19. The van der Waals surface area contributed by atoms with Gasteiger partial charge in [-0.25, -0.2) is 9.97 Å². The van der Waals surface area contributed by atoms with Crippen LogP contribution in [0.5, 0.6) is 0 Å². The van der Waals surface area contributed by atoms with Crippen LogP contribution in [0, 0.1) is 0 Å². The van der Waals surface area contributed by atoms with E-state index >= 15 is 0 Å². The topological polar surface area (TPSA) is 58.1 Å². The van der Waals surface area contributed by atoms with Gasteiger partial charge in [0.05, 0.1) is 22.1 Å². The largest absolute Gasteiger partial charge is 0.336 e. The summed E-state index contributed by atoms with van der Waals surface area (Å²) in [6, 6.07) is 13.4. The second kappa shape index (κ2) is 5.35. The highest BCUT2D eigenvalue weighted by molar-refractivity contribution is 6.06. The Morgan fingerprint density at radius 1 is 0.909 bits per heavy atom. The Labute approximate surface area is 128 Å². The molecule has 0 atom stereocenters. The Kier molecular flexibility index (Phi) is 3.20. The van der Waals surface area contributed by atoms with E-state index in [1.807, 2.05) is 47.4 Å². The first kappa shape index (κ1) is 13.2. The molecule has 1 fully saturated rings. The monoisotopic (exact) mass is 292 g/mol. The van der Waals surface area contributed by atoms with Gasteiger partial charge >= 0.3 is 0 Å². The van der Waals surface area contributed by atoms with Gasteiger partial charge in [-0.05, 0) is 24.3 Å². The maximum Gasteiger partial charge on any atom is 0.256 e. The molecule has 110 valence electrons. The van der Waals surface area contributed by atoms with Gasteiger partial charge in [-0.1, -0.05) is 18.2 Å². The molecule has 2 aromatic carbocycles. The van der Waals surface area contributed by atoms with Crippen LogP contribution in [-0.4, -0.2) is 47.0 Å². The van der Waals surface area contributed by atoms with Crippen molar-refractivity contribution in [1.82, 2.24) is 20.2 Å². The molecule has 0 spiro atoms. The molecule has 5 nitrogen and oxygen atoms in total. The molecule has 0 radical (unpaired) electrons. The fraction of sp³-hybridized carbons (Fsp3) is 0.235. The predicted molar refractivity (Wildman–Crippen MR) is 85.8 cm³/mol. The zero-order valence-electron chi connectivity index (χ0n) is 12.1. The number of carbonyl (C=O) groups excluding carboxylic acids is 1. The minimum absolute atomic E-state index is 0.0386. The first-order chi connectivity index (χ1) is 10.8. The minimum atomic E-state index is 0.0386. The van der Waals surface area contributed by atoms with E-state index in [1.165, 1.54) is 0 Å². The Bertz CT molecular complexity index is 856. The molecule has 0 bridgehead atoms. The van der Waals surface area contributed by atoms with Crippen LogP contribution in [0.25, 0.3) is 22.1 Å². The molecule has 4 rings (SSSR count). The summed E-state index contributed by atoms with van der Waals surface area (Å²) in [7, 11) is 0. The van der Waals surface area contributed by atoms with Gasteiger partial charge < -0.3 is 10.2 Å². The number of nitrogens with one attached hydrogen (secondary N) is 1. The van der Waals surface area contributed by atoms with Crippen LogP contribution < -0.4 is 5.32 Å². The molecule has 1 aliphatic heterocycles. The molecule has 1 aromatic heterocycles. The molecular weight excluding hydrogens is 276 g/mol. The zero-order chi connectivity index (χ0) is 14.9. The minimum Gasteiger partial charge on any atom is -0.336 e. The number of para-hydroxylation sites is 3. The molecule has 2 heterocycles. The van der Waals surface area contributed by atoms with Crippen molar-refractivity contribution in [1.29, 1.82) is 0 Å². The van der Waals surface area contributed by atoms with E-state index in [1.54, 1.807) is 0 Å². The van der Waals surface area contributed by atoms with Crippen molar-refractivity contribution >= 4 is 28.0 Å². The molecule has 1 amide bonds. The van der Waals surface area contributed by atoms with E-state index in [-0.39, 0.29) is 5.91 Å². The lowest BCUT2D eigenvalue weighted by Gasteiger charge is -2.27. The van der Waals surface area contributed by atoms with E-state index < -0.39 is 0 Å². The summed E-state index contributed by atoms with van der Waals surface area (Å²) in [4.78, 5) is 23.9. The van der Waals surface area contributed by atoms with Gasteiger partial charge in [-0.3, -0.25) is 4.79 Å². The van der Waals surface area contributed by atoms with E-state index in [2.05, 4.69) is 15.3 Å². The highest BCUT2D eigenvalue weighted by Crippen LogP contribution is 2.20. The summed E-state index contributed by atoms with van der Waals surface area (Å²) in [6.45, 7) is 3.14. The van der Waals surface area contributed by atoms with Crippen LogP contribution in [0.3, 0.4) is 0 Å². The smallest absolute Gasteiger partial charge is 0.256 e. The van der Waals surface area contributed by atoms with Gasteiger partial charge in [-0.15, -0.1) is 0 Å². The lowest BCUT2D eigenvalue weighted by molar-refractivity contribution is 0.0737. The molecule has 0 aliphatic carbocycles. The SMILES string of the molecule is O=C(c1cccc2nc3ccccc3nc12)N1CCNCC1. The number of carbonyl (C=O) groups is 1. The third-order valence-corrected chi connectivity index (χ3v) is 4.00. The normalized spacial score (nSPS) is 15.4. The van der Waals surface area contributed by atoms with Crippen molar-refractivity contribution < 1.29 is 4.79 Å². The number of aromatic nitrogens is 2. The molecule has 0 saturated carbocycles. The maximum atomic E-state index is 12.8. The van der Waals surface area contributed by atoms with Gasteiger partial charge in [-0.2, -0.15) is 0 Å². The number of hydrogen-bond donors (Lipinski definition) is 1.